The zero-order valence-corrected chi connectivity index (χ0v) is 14.2. The molecule has 5 heteroatoms. The lowest BCUT2D eigenvalue weighted by Gasteiger charge is -2.32. The Morgan fingerprint density at radius 2 is 2.00 bits per heavy atom. The van der Waals surface area contributed by atoms with Crippen molar-refractivity contribution in [3.05, 3.63) is 66.0 Å². The van der Waals surface area contributed by atoms with Crippen molar-refractivity contribution in [1.82, 2.24) is 19.3 Å². The maximum atomic E-state index is 6.08. The number of hydrogen-bond acceptors (Lipinski definition) is 4. The molecule has 2 aliphatic rings. The molecule has 0 spiro atoms. The fraction of sp³-hybridized carbons (Fsp3) is 0.400. The minimum atomic E-state index is 0.0371. The van der Waals surface area contributed by atoms with Gasteiger partial charge in [0.05, 0.1) is 24.1 Å². The summed E-state index contributed by atoms with van der Waals surface area (Å²) in [5.74, 6) is 0.709. The summed E-state index contributed by atoms with van der Waals surface area (Å²) in [7, 11) is 0. The average Bonchev–Trinajstić information content (AvgIpc) is 3.41. The average molecular weight is 334 g/mol. The summed E-state index contributed by atoms with van der Waals surface area (Å²) >= 11 is 0. The Balaban J connectivity index is 1.39. The van der Waals surface area contributed by atoms with E-state index in [9.17, 15) is 0 Å². The van der Waals surface area contributed by atoms with Crippen LogP contribution in [0.3, 0.4) is 0 Å². The van der Waals surface area contributed by atoms with Crippen LogP contribution >= 0.6 is 0 Å². The molecule has 0 amide bonds. The standard InChI is InChI=1S/C20H22N4O/c1-2-17(16-4-5-16)24-14-22-20(18(24)3-1)19-13-23(10-11-25-19)12-15-6-8-21-9-7-15/h1-3,6-9,14,16,19H,4-5,10-13H2/t19-/m1/s1. The molecule has 128 valence electrons. The van der Waals surface area contributed by atoms with E-state index in [1.807, 2.05) is 18.7 Å². The molecule has 1 atom stereocenters. The summed E-state index contributed by atoms with van der Waals surface area (Å²) < 4.78 is 8.35. The van der Waals surface area contributed by atoms with E-state index in [-0.39, 0.29) is 6.10 Å². The van der Waals surface area contributed by atoms with E-state index in [1.165, 1.54) is 29.6 Å². The highest BCUT2D eigenvalue weighted by Crippen LogP contribution is 2.40. The second-order valence-electron chi connectivity index (χ2n) is 7.06. The van der Waals surface area contributed by atoms with Crippen molar-refractivity contribution >= 4 is 5.52 Å². The van der Waals surface area contributed by atoms with Gasteiger partial charge in [0.1, 0.15) is 6.10 Å². The molecule has 1 aliphatic heterocycles. The van der Waals surface area contributed by atoms with Crippen molar-refractivity contribution in [2.24, 2.45) is 0 Å². The normalized spacial score (nSPS) is 21.7. The summed E-state index contributed by atoms with van der Waals surface area (Å²) in [6.45, 7) is 3.51. The molecule has 0 aromatic carbocycles. The summed E-state index contributed by atoms with van der Waals surface area (Å²) in [6.07, 6.45) is 8.32. The fourth-order valence-corrected chi connectivity index (χ4v) is 3.78. The van der Waals surface area contributed by atoms with E-state index in [1.54, 1.807) is 0 Å². The van der Waals surface area contributed by atoms with E-state index in [0.29, 0.717) is 5.92 Å². The van der Waals surface area contributed by atoms with E-state index in [0.717, 1.165) is 31.9 Å². The van der Waals surface area contributed by atoms with Crippen molar-refractivity contribution in [1.29, 1.82) is 0 Å². The summed E-state index contributed by atoms with van der Waals surface area (Å²) in [5, 5.41) is 0. The molecule has 4 heterocycles. The van der Waals surface area contributed by atoms with Crippen LogP contribution in [-0.2, 0) is 11.3 Å². The van der Waals surface area contributed by atoms with Crippen LogP contribution in [0.25, 0.3) is 5.52 Å². The topological polar surface area (TPSA) is 42.7 Å². The van der Waals surface area contributed by atoms with Gasteiger partial charge in [-0.2, -0.15) is 0 Å². The minimum Gasteiger partial charge on any atom is -0.369 e. The zero-order chi connectivity index (χ0) is 16.6. The smallest absolute Gasteiger partial charge is 0.114 e. The number of pyridine rings is 2. The molecule has 0 radical (unpaired) electrons. The Kier molecular flexibility index (Phi) is 3.76. The number of nitrogens with zero attached hydrogens (tertiary/aromatic N) is 4. The molecule has 0 unspecified atom stereocenters. The first kappa shape index (κ1) is 15.0. The molecule has 0 bridgehead atoms. The molecule has 1 aliphatic carbocycles. The Labute approximate surface area is 147 Å². The van der Waals surface area contributed by atoms with Crippen LogP contribution < -0.4 is 0 Å². The third-order valence-electron chi connectivity index (χ3n) is 5.24. The van der Waals surface area contributed by atoms with Gasteiger partial charge >= 0.3 is 0 Å². The van der Waals surface area contributed by atoms with Crippen LogP contribution in [0.4, 0.5) is 0 Å². The molecule has 5 rings (SSSR count). The molecule has 3 aromatic heterocycles. The van der Waals surface area contributed by atoms with Crippen molar-refractivity contribution in [2.45, 2.75) is 31.4 Å². The Hall–Kier alpha value is -2.24. The fourth-order valence-electron chi connectivity index (χ4n) is 3.78. The lowest BCUT2D eigenvalue weighted by molar-refractivity contribution is -0.0341. The summed E-state index contributed by atoms with van der Waals surface area (Å²) in [4.78, 5) is 11.3. The van der Waals surface area contributed by atoms with Gasteiger partial charge in [-0.1, -0.05) is 6.07 Å². The van der Waals surface area contributed by atoms with E-state index in [2.05, 4.69) is 44.6 Å². The predicted octanol–water partition coefficient (Wildman–Crippen LogP) is 3.18. The van der Waals surface area contributed by atoms with Gasteiger partial charge in [0.2, 0.25) is 0 Å². The first-order chi connectivity index (χ1) is 12.4. The second-order valence-corrected chi connectivity index (χ2v) is 7.06. The Morgan fingerprint density at radius 1 is 1.12 bits per heavy atom. The first-order valence-corrected chi connectivity index (χ1v) is 9.07. The maximum absolute atomic E-state index is 6.08. The second kappa shape index (κ2) is 6.24. The minimum absolute atomic E-state index is 0.0371. The molecular weight excluding hydrogens is 312 g/mol. The summed E-state index contributed by atoms with van der Waals surface area (Å²) in [5.41, 5.74) is 4.95. The number of rotatable bonds is 4. The number of fused-ring (bicyclic) bond motifs is 1. The third-order valence-corrected chi connectivity index (χ3v) is 5.24. The number of imidazole rings is 1. The highest BCUT2D eigenvalue weighted by atomic mass is 16.5. The number of ether oxygens (including phenoxy) is 1. The van der Waals surface area contributed by atoms with Gasteiger partial charge in [-0.25, -0.2) is 4.98 Å². The highest BCUT2D eigenvalue weighted by molar-refractivity contribution is 5.54. The lowest BCUT2D eigenvalue weighted by atomic mass is 10.1. The molecule has 3 aromatic rings. The first-order valence-electron chi connectivity index (χ1n) is 9.07. The molecule has 5 nitrogen and oxygen atoms in total. The lowest BCUT2D eigenvalue weighted by Crippen LogP contribution is -2.38. The van der Waals surface area contributed by atoms with E-state index >= 15 is 0 Å². The largest absolute Gasteiger partial charge is 0.369 e. The van der Waals surface area contributed by atoms with Crippen molar-refractivity contribution in [2.75, 3.05) is 19.7 Å². The number of aromatic nitrogens is 3. The maximum Gasteiger partial charge on any atom is 0.114 e. The molecular formula is C20H22N4O. The summed E-state index contributed by atoms with van der Waals surface area (Å²) in [6, 6.07) is 10.7. The van der Waals surface area contributed by atoms with Gasteiger partial charge in [-0.05, 0) is 48.6 Å². The SMILES string of the molecule is c1cc(C2CC2)n2cnc([C@H]3CN(Cc4ccncc4)CCO3)c2c1. The van der Waals surface area contributed by atoms with Gasteiger partial charge in [-0.3, -0.25) is 9.88 Å². The molecule has 0 N–H and O–H groups in total. The predicted molar refractivity (Wildman–Crippen MR) is 95.4 cm³/mol. The van der Waals surface area contributed by atoms with E-state index < -0.39 is 0 Å². The molecule has 25 heavy (non-hydrogen) atoms. The van der Waals surface area contributed by atoms with Crippen LogP contribution in [0, 0.1) is 0 Å². The van der Waals surface area contributed by atoms with Gasteiger partial charge in [0.15, 0.2) is 0 Å². The van der Waals surface area contributed by atoms with Crippen molar-refractivity contribution < 1.29 is 4.74 Å². The van der Waals surface area contributed by atoms with E-state index in [4.69, 9.17) is 9.72 Å². The van der Waals surface area contributed by atoms with Crippen molar-refractivity contribution in [3.8, 4) is 0 Å². The number of hydrogen-bond donors (Lipinski definition) is 0. The van der Waals surface area contributed by atoms with Crippen LogP contribution in [-0.4, -0.2) is 39.0 Å². The third kappa shape index (κ3) is 2.94. The Morgan fingerprint density at radius 3 is 2.84 bits per heavy atom. The van der Waals surface area contributed by atoms with Crippen molar-refractivity contribution in [3.63, 3.8) is 0 Å². The van der Waals surface area contributed by atoms with Gasteiger partial charge in [-0.15, -0.1) is 0 Å². The number of morpholine rings is 1. The monoisotopic (exact) mass is 334 g/mol. The zero-order valence-electron chi connectivity index (χ0n) is 14.2. The molecule has 1 saturated heterocycles. The van der Waals surface area contributed by atoms with Crippen LogP contribution in [0.2, 0.25) is 0 Å². The van der Waals surface area contributed by atoms with Crippen LogP contribution in [0.5, 0.6) is 0 Å². The van der Waals surface area contributed by atoms with Crippen LogP contribution in [0.1, 0.15) is 41.8 Å². The van der Waals surface area contributed by atoms with Crippen LogP contribution in [0.15, 0.2) is 49.1 Å². The van der Waals surface area contributed by atoms with Gasteiger partial charge < -0.3 is 9.14 Å². The molecule has 1 saturated carbocycles. The molecule has 2 fully saturated rings. The quantitative estimate of drug-likeness (QED) is 0.735. The van der Waals surface area contributed by atoms with Gasteiger partial charge in [0, 0.05) is 37.7 Å². The van der Waals surface area contributed by atoms with Gasteiger partial charge in [0.25, 0.3) is 0 Å². The Bertz CT molecular complexity index is 872. The highest BCUT2D eigenvalue weighted by Gasteiger charge is 2.29.